The molecular weight excluding hydrogens is 488 g/mol. The lowest BCUT2D eigenvalue weighted by atomic mass is 9.99. The summed E-state index contributed by atoms with van der Waals surface area (Å²) in [5.74, 6) is 0. The van der Waals surface area contributed by atoms with E-state index in [1.165, 1.54) is 103 Å². The fourth-order valence-corrected chi connectivity index (χ4v) is 5.81. The number of benzene rings is 2. The number of hydrogen-bond donors (Lipinski definition) is 1. The Bertz CT molecular complexity index is 1030. The van der Waals surface area contributed by atoms with Crippen molar-refractivity contribution in [2.45, 2.75) is 123 Å². The van der Waals surface area contributed by atoms with Crippen molar-refractivity contribution in [3.8, 4) is 11.3 Å². The van der Waals surface area contributed by atoms with Gasteiger partial charge in [0.1, 0.15) is 0 Å². The third-order valence-electron chi connectivity index (χ3n) is 8.26. The van der Waals surface area contributed by atoms with Crippen molar-refractivity contribution in [3.63, 3.8) is 0 Å². The molecule has 2 aromatic carbocycles. The molecule has 0 unspecified atom stereocenters. The number of unbranched alkanes of at least 4 members (excludes halogenated alkanes) is 14. The summed E-state index contributed by atoms with van der Waals surface area (Å²) >= 11 is 0. The van der Waals surface area contributed by atoms with Crippen LogP contribution in [0, 0.1) is 0 Å². The number of pyridine rings is 1. The van der Waals surface area contributed by atoms with Gasteiger partial charge in [-0.15, -0.1) is 0 Å². The molecule has 1 heterocycles. The molecule has 1 atom stereocenters. The molecule has 0 amide bonds. The van der Waals surface area contributed by atoms with E-state index in [9.17, 15) is 5.11 Å². The molecule has 1 N–H and O–H groups in total. The van der Waals surface area contributed by atoms with E-state index < -0.39 is 6.10 Å². The number of fused-ring (bicyclic) bond motifs is 1. The van der Waals surface area contributed by atoms with Crippen molar-refractivity contribution in [1.29, 1.82) is 0 Å². The smallest absolute Gasteiger partial charge is 0.0924 e. The standard InChI is InChI=1S/C37H56N2O/c1-3-5-7-9-11-13-15-22-28-39(29-23-16-14-12-10-8-6-4-2)31-37(40)34-30-36(32-24-18-17-19-25-32)38-35-27-21-20-26-33(34)35/h17-21,24-27,30,37,40H,3-16,22-23,28-29,31H2,1-2H3/t37-/m0/s1. The lowest BCUT2D eigenvalue weighted by Gasteiger charge is -2.26. The third kappa shape index (κ3) is 11.7. The van der Waals surface area contributed by atoms with Crippen molar-refractivity contribution >= 4 is 10.9 Å². The highest BCUT2D eigenvalue weighted by Crippen LogP contribution is 2.29. The topological polar surface area (TPSA) is 36.4 Å². The number of aromatic nitrogens is 1. The van der Waals surface area contributed by atoms with Gasteiger partial charge in [-0.1, -0.05) is 152 Å². The predicted octanol–water partition coefficient (Wildman–Crippen LogP) is 10.5. The van der Waals surface area contributed by atoms with E-state index >= 15 is 0 Å². The van der Waals surface area contributed by atoms with E-state index in [2.05, 4.69) is 67.3 Å². The summed E-state index contributed by atoms with van der Waals surface area (Å²) in [6, 6.07) is 20.7. The number of aliphatic hydroxyl groups is 1. The van der Waals surface area contributed by atoms with Crippen LogP contribution in [0.2, 0.25) is 0 Å². The van der Waals surface area contributed by atoms with Crippen LogP contribution in [0.15, 0.2) is 60.7 Å². The molecule has 0 fully saturated rings. The second kappa shape index (κ2) is 19.8. The molecule has 40 heavy (non-hydrogen) atoms. The van der Waals surface area contributed by atoms with Crippen LogP contribution in [0.25, 0.3) is 22.2 Å². The molecular formula is C37H56N2O. The average Bonchev–Trinajstić information content (AvgIpc) is 2.99. The van der Waals surface area contributed by atoms with E-state index in [1.54, 1.807) is 0 Å². The first-order chi connectivity index (χ1) is 19.7. The van der Waals surface area contributed by atoms with E-state index in [0.29, 0.717) is 6.54 Å². The molecule has 0 aliphatic carbocycles. The summed E-state index contributed by atoms with van der Waals surface area (Å²) in [5, 5.41) is 12.7. The SMILES string of the molecule is CCCCCCCCCCN(CCCCCCCCCC)C[C@H](O)c1cc(-c2ccccc2)nc2ccccc12. The van der Waals surface area contributed by atoms with E-state index in [-0.39, 0.29) is 0 Å². The fourth-order valence-electron chi connectivity index (χ4n) is 5.81. The van der Waals surface area contributed by atoms with Crippen LogP contribution in [-0.4, -0.2) is 34.6 Å². The second-order valence-electron chi connectivity index (χ2n) is 11.7. The molecule has 0 aliphatic rings. The molecule has 1 aromatic heterocycles. The zero-order chi connectivity index (χ0) is 28.3. The van der Waals surface area contributed by atoms with Gasteiger partial charge in [0, 0.05) is 17.5 Å². The Hall–Kier alpha value is -2.23. The van der Waals surface area contributed by atoms with E-state index in [4.69, 9.17) is 4.98 Å². The van der Waals surface area contributed by atoms with Gasteiger partial charge in [0.05, 0.1) is 17.3 Å². The zero-order valence-corrected chi connectivity index (χ0v) is 25.6. The maximum absolute atomic E-state index is 11.6. The van der Waals surface area contributed by atoms with Crippen LogP contribution in [-0.2, 0) is 0 Å². The molecule has 0 spiro atoms. The first-order valence-corrected chi connectivity index (χ1v) is 16.6. The van der Waals surface area contributed by atoms with Gasteiger partial charge in [-0.05, 0) is 43.6 Å². The Morgan fingerprint density at radius 1 is 0.625 bits per heavy atom. The number of nitrogens with zero attached hydrogens (tertiary/aromatic N) is 2. The largest absolute Gasteiger partial charge is 0.387 e. The summed E-state index contributed by atoms with van der Waals surface area (Å²) in [4.78, 5) is 7.47. The van der Waals surface area contributed by atoms with Gasteiger partial charge in [-0.25, -0.2) is 4.98 Å². The van der Waals surface area contributed by atoms with Crippen LogP contribution in [0.4, 0.5) is 0 Å². The molecule has 220 valence electrons. The maximum Gasteiger partial charge on any atom is 0.0924 e. The third-order valence-corrected chi connectivity index (χ3v) is 8.26. The van der Waals surface area contributed by atoms with Crippen molar-refractivity contribution in [3.05, 3.63) is 66.2 Å². The summed E-state index contributed by atoms with van der Waals surface area (Å²) in [6.07, 6.45) is 20.9. The number of rotatable bonds is 22. The van der Waals surface area contributed by atoms with Gasteiger partial charge in [0.25, 0.3) is 0 Å². The predicted molar refractivity (Wildman–Crippen MR) is 174 cm³/mol. The minimum Gasteiger partial charge on any atom is -0.387 e. The molecule has 3 rings (SSSR count). The number of para-hydroxylation sites is 1. The molecule has 0 saturated carbocycles. The van der Waals surface area contributed by atoms with Gasteiger partial charge in [-0.2, -0.15) is 0 Å². The van der Waals surface area contributed by atoms with Gasteiger partial charge >= 0.3 is 0 Å². The molecule has 0 aliphatic heterocycles. The minimum absolute atomic E-state index is 0.529. The number of hydrogen-bond acceptors (Lipinski definition) is 3. The van der Waals surface area contributed by atoms with Gasteiger partial charge in [-0.3, -0.25) is 0 Å². The Labute approximate surface area is 245 Å². The van der Waals surface area contributed by atoms with Crippen LogP contribution in [0.1, 0.15) is 128 Å². The minimum atomic E-state index is -0.529. The normalized spacial score (nSPS) is 12.4. The Morgan fingerprint density at radius 3 is 1.70 bits per heavy atom. The summed E-state index contributed by atoms with van der Waals surface area (Å²) in [6.45, 7) is 7.42. The molecule has 3 heteroatoms. The summed E-state index contributed by atoms with van der Waals surface area (Å²) < 4.78 is 0. The number of aliphatic hydroxyl groups excluding tert-OH is 1. The molecule has 3 aromatic rings. The summed E-state index contributed by atoms with van der Waals surface area (Å²) in [7, 11) is 0. The first kappa shape index (κ1) is 32.3. The van der Waals surface area contributed by atoms with Gasteiger partial charge in [0.15, 0.2) is 0 Å². The molecule has 0 bridgehead atoms. The molecule has 0 saturated heterocycles. The van der Waals surface area contributed by atoms with Crippen molar-refractivity contribution in [1.82, 2.24) is 9.88 Å². The van der Waals surface area contributed by atoms with Crippen LogP contribution in [0.5, 0.6) is 0 Å². The first-order valence-electron chi connectivity index (χ1n) is 16.6. The fraction of sp³-hybridized carbons (Fsp3) is 0.595. The zero-order valence-electron chi connectivity index (χ0n) is 25.6. The second-order valence-corrected chi connectivity index (χ2v) is 11.7. The average molecular weight is 545 g/mol. The van der Waals surface area contributed by atoms with Crippen molar-refractivity contribution in [2.75, 3.05) is 19.6 Å². The molecule has 3 nitrogen and oxygen atoms in total. The van der Waals surface area contributed by atoms with Crippen LogP contribution >= 0.6 is 0 Å². The quantitative estimate of drug-likeness (QED) is 0.128. The van der Waals surface area contributed by atoms with Crippen molar-refractivity contribution in [2.24, 2.45) is 0 Å². The van der Waals surface area contributed by atoms with Crippen molar-refractivity contribution < 1.29 is 5.11 Å². The van der Waals surface area contributed by atoms with E-state index in [1.807, 2.05) is 12.1 Å². The Kier molecular flexibility index (Phi) is 16.0. The van der Waals surface area contributed by atoms with Gasteiger partial charge in [0.2, 0.25) is 0 Å². The van der Waals surface area contributed by atoms with Gasteiger partial charge < -0.3 is 10.0 Å². The monoisotopic (exact) mass is 544 g/mol. The van der Waals surface area contributed by atoms with E-state index in [0.717, 1.165) is 40.8 Å². The Balaban J connectivity index is 1.61. The summed E-state index contributed by atoms with van der Waals surface area (Å²) in [5.41, 5.74) is 3.99. The molecule has 0 radical (unpaired) electrons. The highest BCUT2D eigenvalue weighted by Gasteiger charge is 2.18. The highest BCUT2D eigenvalue weighted by atomic mass is 16.3. The Morgan fingerprint density at radius 2 is 1.12 bits per heavy atom. The van der Waals surface area contributed by atoms with Crippen LogP contribution in [0.3, 0.4) is 0 Å². The lowest BCUT2D eigenvalue weighted by molar-refractivity contribution is 0.111. The lowest BCUT2D eigenvalue weighted by Crippen LogP contribution is -2.31. The highest BCUT2D eigenvalue weighted by molar-refractivity contribution is 5.85. The van der Waals surface area contributed by atoms with Crippen LogP contribution < -0.4 is 0 Å². The maximum atomic E-state index is 11.6.